The number of hydrogen-bond acceptors (Lipinski definition) is 3. The van der Waals surface area contributed by atoms with Gasteiger partial charge in [0.15, 0.2) is 0 Å². The molecule has 0 radical (unpaired) electrons. The van der Waals surface area contributed by atoms with Gasteiger partial charge in [0.05, 0.1) is 6.04 Å². The zero-order valence-electron chi connectivity index (χ0n) is 12.6. The summed E-state index contributed by atoms with van der Waals surface area (Å²) in [4.78, 5) is 4.19. The standard InChI is InChI=1S/C16H28N2S/c1-4-7-14-8-5-6-10-18(14)15(13(3)17)16-12(2)9-11-19-16/h9,11,13-15H,4-8,10,17H2,1-3H3. The Morgan fingerprint density at radius 2 is 2.26 bits per heavy atom. The molecule has 1 aromatic rings. The zero-order valence-corrected chi connectivity index (χ0v) is 13.4. The molecule has 0 aliphatic carbocycles. The SMILES string of the molecule is CCCC1CCCCN1C(c1sccc1C)C(C)N. The van der Waals surface area contributed by atoms with E-state index in [1.807, 2.05) is 11.3 Å². The van der Waals surface area contributed by atoms with Gasteiger partial charge in [0.25, 0.3) is 0 Å². The number of thiophene rings is 1. The molecule has 1 aliphatic heterocycles. The minimum absolute atomic E-state index is 0.204. The Morgan fingerprint density at radius 1 is 1.47 bits per heavy atom. The first-order valence-electron chi connectivity index (χ1n) is 7.70. The van der Waals surface area contributed by atoms with E-state index < -0.39 is 0 Å². The summed E-state index contributed by atoms with van der Waals surface area (Å²) in [6.07, 6.45) is 6.65. The molecule has 3 unspecified atom stereocenters. The molecule has 19 heavy (non-hydrogen) atoms. The van der Waals surface area contributed by atoms with Gasteiger partial charge in [-0.05, 0) is 56.7 Å². The summed E-state index contributed by atoms with van der Waals surface area (Å²) in [7, 11) is 0. The third kappa shape index (κ3) is 3.39. The minimum Gasteiger partial charge on any atom is -0.326 e. The highest BCUT2D eigenvalue weighted by molar-refractivity contribution is 7.10. The van der Waals surface area contributed by atoms with Crippen LogP contribution in [0, 0.1) is 6.92 Å². The van der Waals surface area contributed by atoms with Crippen LogP contribution in [0.25, 0.3) is 0 Å². The second-order valence-corrected chi connectivity index (χ2v) is 6.90. The van der Waals surface area contributed by atoms with Crippen molar-refractivity contribution in [3.05, 3.63) is 21.9 Å². The van der Waals surface area contributed by atoms with Crippen LogP contribution in [0.1, 0.15) is 62.4 Å². The van der Waals surface area contributed by atoms with Crippen LogP contribution in [-0.4, -0.2) is 23.5 Å². The monoisotopic (exact) mass is 280 g/mol. The van der Waals surface area contributed by atoms with Crippen molar-refractivity contribution >= 4 is 11.3 Å². The highest BCUT2D eigenvalue weighted by Gasteiger charge is 2.32. The van der Waals surface area contributed by atoms with E-state index in [9.17, 15) is 0 Å². The van der Waals surface area contributed by atoms with E-state index in [0.717, 1.165) is 6.04 Å². The fraction of sp³-hybridized carbons (Fsp3) is 0.750. The molecule has 0 amide bonds. The summed E-state index contributed by atoms with van der Waals surface area (Å²) in [5.74, 6) is 0. The molecular weight excluding hydrogens is 252 g/mol. The van der Waals surface area contributed by atoms with Crippen LogP contribution >= 0.6 is 11.3 Å². The van der Waals surface area contributed by atoms with Crippen LogP contribution in [0.4, 0.5) is 0 Å². The summed E-state index contributed by atoms with van der Waals surface area (Å²) in [6, 6.07) is 3.58. The predicted octanol–water partition coefficient (Wildman–Crippen LogP) is 4.10. The first-order valence-corrected chi connectivity index (χ1v) is 8.58. The van der Waals surface area contributed by atoms with Gasteiger partial charge in [-0.2, -0.15) is 0 Å². The highest BCUT2D eigenvalue weighted by atomic mass is 32.1. The number of nitrogens with zero attached hydrogens (tertiary/aromatic N) is 1. The average Bonchev–Trinajstić information content (AvgIpc) is 2.78. The lowest BCUT2D eigenvalue weighted by Crippen LogP contribution is -2.47. The lowest BCUT2D eigenvalue weighted by molar-refractivity contribution is 0.0779. The summed E-state index contributed by atoms with van der Waals surface area (Å²) in [6.45, 7) is 7.90. The molecule has 1 aliphatic rings. The molecule has 2 heterocycles. The van der Waals surface area contributed by atoms with E-state index in [2.05, 4.69) is 37.1 Å². The molecular formula is C16H28N2S. The molecule has 1 fully saturated rings. The fourth-order valence-electron chi connectivity index (χ4n) is 3.41. The maximum absolute atomic E-state index is 6.35. The molecule has 2 rings (SSSR count). The molecule has 0 bridgehead atoms. The number of piperidine rings is 1. The van der Waals surface area contributed by atoms with Crippen molar-refractivity contribution < 1.29 is 0 Å². The van der Waals surface area contributed by atoms with Crippen molar-refractivity contribution in [3.63, 3.8) is 0 Å². The van der Waals surface area contributed by atoms with E-state index in [-0.39, 0.29) is 6.04 Å². The molecule has 3 heteroatoms. The summed E-state index contributed by atoms with van der Waals surface area (Å²) >= 11 is 1.88. The Kier molecular flexibility index (Phi) is 5.43. The third-order valence-corrected chi connectivity index (χ3v) is 5.41. The molecule has 3 atom stereocenters. The normalized spacial score (nSPS) is 24.3. The largest absolute Gasteiger partial charge is 0.326 e. The third-order valence-electron chi connectivity index (χ3n) is 4.32. The van der Waals surface area contributed by atoms with Gasteiger partial charge in [0.1, 0.15) is 0 Å². The van der Waals surface area contributed by atoms with Gasteiger partial charge in [0.2, 0.25) is 0 Å². The fourth-order valence-corrected chi connectivity index (χ4v) is 4.57. The Bertz CT molecular complexity index is 384. The quantitative estimate of drug-likeness (QED) is 0.880. The van der Waals surface area contributed by atoms with Gasteiger partial charge in [-0.3, -0.25) is 4.90 Å². The number of nitrogens with two attached hydrogens (primary N) is 1. The van der Waals surface area contributed by atoms with Gasteiger partial charge in [-0.1, -0.05) is 19.8 Å². The highest BCUT2D eigenvalue weighted by Crippen LogP contribution is 2.36. The van der Waals surface area contributed by atoms with Crippen molar-refractivity contribution in [1.82, 2.24) is 4.90 Å². The number of likely N-dealkylation sites (tertiary alicyclic amines) is 1. The minimum atomic E-state index is 0.204. The summed E-state index contributed by atoms with van der Waals surface area (Å²) in [5, 5.41) is 2.21. The lowest BCUT2D eigenvalue weighted by atomic mass is 9.93. The van der Waals surface area contributed by atoms with Crippen molar-refractivity contribution in [2.45, 2.75) is 71.0 Å². The molecule has 1 saturated heterocycles. The maximum Gasteiger partial charge on any atom is 0.0595 e. The first-order chi connectivity index (χ1) is 9.15. The van der Waals surface area contributed by atoms with Crippen molar-refractivity contribution in [2.24, 2.45) is 5.73 Å². The van der Waals surface area contributed by atoms with E-state index in [4.69, 9.17) is 5.73 Å². The van der Waals surface area contributed by atoms with Crippen LogP contribution in [0.3, 0.4) is 0 Å². The molecule has 1 aromatic heterocycles. The lowest BCUT2D eigenvalue weighted by Gasteiger charge is -2.43. The smallest absolute Gasteiger partial charge is 0.0595 e. The van der Waals surface area contributed by atoms with Crippen LogP contribution in [0.5, 0.6) is 0 Å². The van der Waals surface area contributed by atoms with Crippen molar-refractivity contribution in [2.75, 3.05) is 6.54 Å². The van der Waals surface area contributed by atoms with Gasteiger partial charge in [0, 0.05) is 17.0 Å². The topological polar surface area (TPSA) is 29.3 Å². The number of rotatable bonds is 5. The maximum atomic E-state index is 6.35. The number of hydrogen-bond donors (Lipinski definition) is 1. The molecule has 108 valence electrons. The van der Waals surface area contributed by atoms with Crippen LogP contribution in [0.15, 0.2) is 11.4 Å². The summed E-state index contributed by atoms with van der Waals surface area (Å²) < 4.78 is 0. The van der Waals surface area contributed by atoms with Crippen molar-refractivity contribution in [3.8, 4) is 0 Å². The zero-order chi connectivity index (χ0) is 13.8. The Morgan fingerprint density at radius 3 is 2.84 bits per heavy atom. The van der Waals surface area contributed by atoms with Gasteiger partial charge in [-0.15, -0.1) is 11.3 Å². The Balaban J connectivity index is 2.24. The summed E-state index contributed by atoms with van der Waals surface area (Å²) in [5.41, 5.74) is 7.76. The van der Waals surface area contributed by atoms with Crippen LogP contribution < -0.4 is 5.73 Å². The number of aryl methyl sites for hydroxylation is 1. The Labute approximate surface area is 122 Å². The van der Waals surface area contributed by atoms with E-state index in [0.29, 0.717) is 6.04 Å². The second-order valence-electron chi connectivity index (χ2n) is 5.95. The van der Waals surface area contributed by atoms with E-state index >= 15 is 0 Å². The molecule has 0 saturated carbocycles. The predicted molar refractivity (Wildman–Crippen MR) is 84.7 cm³/mol. The molecule has 2 N–H and O–H groups in total. The van der Waals surface area contributed by atoms with Crippen molar-refractivity contribution in [1.29, 1.82) is 0 Å². The van der Waals surface area contributed by atoms with E-state index in [1.165, 1.54) is 49.1 Å². The molecule has 0 aromatic carbocycles. The Hall–Kier alpha value is -0.380. The van der Waals surface area contributed by atoms with Crippen LogP contribution in [0.2, 0.25) is 0 Å². The van der Waals surface area contributed by atoms with Crippen LogP contribution in [-0.2, 0) is 0 Å². The average molecular weight is 280 g/mol. The second kappa shape index (κ2) is 6.87. The molecule has 2 nitrogen and oxygen atoms in total. The van der Waals surface area contributed by atoms with Gasteiger partial charge < -0.3 is 5.73 Å². The van der Waals surface area contributed by atoms with E-state index in [1.54, 1.807) is 0 Å². The first kappa shape index (κ1) is 15.0. The van der Waals surface area contributed by atoms with Gasteiger partial charge >= 0.3 is 0 Å². The molecule has 0 spiro atoms. The van der Waals surface area contributed by atoms with Gasteiger partial charge in [-0.25, -0.2) is 0 Å².